The summed E-state index contributed by atoms with van der Waals surface area (Å²) in [5, 5.41) is 11.4. The van der Waals surface area contributed by atoms with Crippen molar-refractivity contribution in [1.82, 2.24) is 10.2 Å². The lowest BCUT2D eigenvalue weighted by Gasteiger charge is -2.27. The summed E-state index contributed by atoms with van der Waals surface area (Å²) in [5.41, 5.74) is 0.0704. The van der Waals surface area contributed by atoms with Crippen molar-refractivity contribution < 1.29 is 14.7 Å². The average molecular weight is 258 g/mol. The second-order valence-corrected chi connectivity index (χ2v) is 6.14. The van der Waals surface area contributed by atoms with Crippen molar-refractivity contribution in [2.75, 3.05) is 20.1 Å². The number of hydrogen-bond acceptors (Lipinski definition) is 2. The molecule has 0 heterocycles. The lowest BCUT2D eigenvalue weighted by Crippen LogP contribution is -2.42. The number of carboxylic acid groups (broad SMARTS) is 1. The number of nitrogens with one attached hydrogen (secondary N) is 1. The van der Waals surface area contributed by atoms with Crippen LogP contribution < -0.4 is 5.32 Å². The number of rotatable bonds is 6. The van der Waals surface area contributed by atoms with Crippen LogP contribution in [0.2, 0.25) is 0 Å². The summed E-state index contributed by atoms with van der Waals surface area (Å²) in [7, 11) is 1.77. The highest BCUT2D eigenvalue weighted by Crippen LogP contribution is 2.14. The summed E-state index contributed by atoms with van der Waals surface area (Å²) < 4.78 is 0. The van der Waals surface area contributed by atoms with Crippen LogP contribution in [-0.4, -0.2) is 42.1 Å². The molecule has 0 aliphatic rings. The maximum atomic E-state index is 11.8. The molecule has 0 spiro atoms. The highest BCUT2D eigenvalue weighted by Gasteiger charge is 2.17. The summed E-state index contributed by atoms with van der Waals surface area (Å²) in [5.74, 6) is -0.619. The Morgan fingerprint density at radius 2 is 1.89 bits per heavy atom. The van der Waals surface area contributed by atoms with Gasteiger partial charge in [0, 0.05) is 26.6 Å². The van der Waals surface area contributed by atoms with E-state index in [0.29, 0.717) is 19.5 Å². The second kappa shape index (κ2) is 7.24. The molecule has 1 unspecified atom stereocenters. The van der Waals surface area contributed by atoms with Gasteiger partial charge < -0.3 is 15.3 Å². The van der Waals surface area contributed by atoms with E-state index in [9.17, 15) is 9.59 Å². The first-order valence-electron chi connectivity index (χ1n) is 6.32. The van der Waals surface area contributed by atoms with Crippen LogP contribution in [0.1, 0.15) is 40.5 Å². The second-order valence-electron chi connectivity index (χ2n) is 6.14. The fraction of sp³-hybridized carbons (Fsp3) is 0.846. The molecule has 18 heavy (non-hydrogen) atoms. The van der Waals surface area contributed by atoms with Gasteiger partial charge in [0.2, 0.25) is 0 Å². The molecule has 0 radical (unpaired) electrons. The topological polar surface area (TPSA) is 69.6 Å². The van der Waals surface area contributed by atoms with E-state index in [1.54, 1.807) is 11.9 Å². The molecule has 2 N–H and O–H groups in total. The number of carbonyl (C=O) groups is 2. The quantitative estimate of drug-likeness (QED) is 0.767. The van der Waals surface area contributed by atoms with Crippen molar-refractivity contribution in [3.8, 4) is 0 Å². The van der Waals surface area contributed by atoms with E-state index in [4.69, 9.17) is 5.11 Å². The molecule has 0 saturated carbocycles. The predicted octanol–water partition coefficient (Wildman–Crippen LogP) is 2.17. The van der Waals surface area contributed by atoms with Gasteiger partial charge >= 0.3 is 12.0 Å². The molecule has 0 fully saturated rings. The zero-order chi connectivity index (χ0) is 14.3. The van der Waals surface area contributed by atoms with E-state index in [1.807, 2.05) is 6.92 Å². The number of carboxylic acids is 1. The van der Waals surface area contributed by atoms with Crippen LogP contribution >= 0.6 is 0 Å². The lowest BCUT2D eigenvalue weighted by atomic mass is 9.96. The molecular weight excluding hydrogens is 232 g/mol. The minimum absolute atomic E-state index is 0.0704. The molecule has 0 saturated heterocycles. The van der Waals surface area contributed by atoms with Gasteiger partial charge in [-0.15, -0.1) is 0 Å². The Morgan fingerprint density at radius 3 is 2.33 bits per heavy atom. The van der Waals surface area contributed by atoms with Gasteiger partial charge in [-0.1, -0.05) is 27.7 Å². The number of aliphatic carboxylic acids is 1. The Hall–Kier alpha value is -1.26. The van der Waals surface area contributed by atoms with Crippen molar-refractivity contribution in [2.24, 2.45) is 11.3 Å². The number of nitrogens with zero attached hydrogens (tertiary/aromatic N) is 1. The van der Waals surface area contributed by atoms with E-state index in [0.717, 1.165) is 0 Å². The Bertz CT molecular complexity index is 284. The third-order valence-corrected chi connectivity index (χ3v) is 2.51. The van der Waals surface area contributed by atoms with Crippen molar-refractivity contribution >= 4 is 12.0 Å². The molecule has 2 amide bonds. The number of carbonyl (C=O) groups excluding carboxylic acids is 1. The number of hydrogen-bond donors (Lipinski definition) is 2. The fourth-order valence-electron chi connectivity index (χ4n) is 1.65. The monoisotopic (exact) mass is 258 g/mol. The first kappa shape index (κ1) is 16.7. The van der Waals surface area contributed by atoms with Gasteiger partial charge in [0.05, 0.1) is 0 Å². The maximum Gasteiger partial charge on any atom is 0.317 e. The van der Waals surface area contributed by atoms with Gasteiger partial charge in [-0.2, -0.15) is 0 Å². The highest BCUT2D eigenvalue weighted by atomic mass is 16.4. The summed E-state index contributed by atoms with van der Waals surface area (Å²) in [6.07, 6.45) is 0.730. The van der Waals surface area contributed by atoms with Crippen molar-refractivity contribution in [2.45, 2.75) is 40.5 Å². The molecule has 0 aromatic carbocycles. The zero-order valence-electron chi connectivity index (χ0n) is 12.1. The Balaban J connectivity index is 3.91. The van der Waals surface area contributed by atoms with Gasteiger partial charge in [-0.05, 0) is 17.8 Å². The van der Waals surface area contributed by atoms with Crippen molar-refractivity contribution in [1.29, 1.82) is 0 Å². The molecule has 0 bridgehead atoms. The standard InChI is InChI=1S/C13H26N2O3/c1-10(6-7-11(16)17)8-14-12(18)15(5)9-13(2,3)4/h10H,6-9H2,1-5H3,(H,14,18)(H,16,17). The molecule has 0 rings (SSSR count). The van der Waals surface area contributed by atoms with E-state index in [2.05, 4.69) is 26.1 Å². The summed E-state index contributed by atoms with van der Waals surface area (Å²) in [6, 6.07) is -0.105. The van der Waals surface area contributed by atoms with E-state index in [1.165, 1.54) is 0 Å². The third kappa shape index (κ3) is 8.84. The Morgan fingerprint density at radius 1 is 1.33 bits per heavy atom. The van der Waals surface area contributed by atoms with E-state index < -0.39 is 5.97 Å². The van der Waals surface area contributed by atoms with Gasteiger partial charge in [0.1, 0.15) is 0 Å². The van der Waals surface area contributed by atoms with E-state index >= 15 is 0 Å². The van der Waals surface area contributed by atoms with Crippen LogP contribution in [0.15, 0.2) is 0 Å². The fourth-order valence-corrected chi connectivity index (χ4v) is 1.65. The molecule has 5 heteroatoms. The van der Waals surface area contributed by atoms with Gasteiger partial charge in [-0.3, -0.25) is 4.79 Å². The van der Waals surface area contributed by atoms with E-state index in [-0.39, 0.29) is 23.8 Å². The van der Waals surface area contributed by atoms with Crippen LogP contribution in [0.5, 0.6) is 0 Å². The van der Waals surface area contributed by atoms with Crippen LogP contribution in [-0.2, 0) is 4.79 Å². The number of amides is 2. The van der Waals surface area contributed by atoms with Gasteiger partial charge in [-0.25, -0.2) is 4.79 Å². The van der Waals surface area contributed by atoms with Gasteiger partial charge in [0.15, 0.2) is 0 Å². The maximum absolute atomic E-state index is 11.8. The molecule has 5 nitrogen and oxygen atoms in total. The minimum Gasteiger partial charge on any atom is -0.481 e. The number of urea groups is 1. The largest absolute Gasteiger partial charge is 0.481 e. The summed E-state index contributed by atoms with van der Waals surface area (Å²) in [4.78, 5) is 23.8. The smallest absolute Gasteiger partial charge is 0.317 e. The molecular formula is C13H26N2O3. The molecule has 0 aromatic heterocycles. The Labute approximate surface area is 110 Å². The van der Waals surface area contributed by atoms with Crippen molar-refractivity contribution in [3.05, 3.63) is 0 Å². The first-order valence-corrected chi connectivity index (χ1v) is 6.32. The average Bonchev–Trinajstić information content (AvgIpc) is 2.20. The normalized spacial score (nSPS) is 12.9. The lowest BCUT2D eigenvalue weighted by molar-refractivity contribution is -0.137. The van der Waals surface area contributed by atoms with Crippen LogP contribution in [0, 0.1) is 11.3 Å². The van der Waals surface area contributed by atoms with Crippen molar-refractivity contribution in [3.63, 3.8) is 0 Å². The molecule has 106 valence electrons. The predicted molar refractivity (Wildman–Crippen MR) is 71.5 cm³/mol. The molecule has 0 aliphatic heterocycles. The minimum atomic E-state index is -0.793. The summed E-state index contributed by atoms with van der Waals surface area (Å²) >= 11 is 0. The van der Waals surface area contributed by atoms with Crippen LogP contribution in [0.25, 0.3) is 0 Å². The Kier molecular flexibility index (Phi) is 6.73. The third-order valence-electron chi connectivity index (χ3n) is 2.51. The van der Waals surface area contributed by atoms with Crippen LogP contribution in [0.4, 0.5) is 4.79 Å². The first-order chi connectivity index (χ1) is 8.11. The molecule has 0 aliphatic carbocycles. The summed E-state index contributed by atoms with van der Waals surface area (Å²) in [6.45, 7) is 9.36. The zero-order valence-corrected chi connectivity index (χ0v) is 12.1. The SMILES string of the molecule is CC(CCC(=O)O)CNC(=O)N(C)CC(C)(C)C. The highest BCUT2D eigenvalue weighted by molar-refractivity contribution is 5.73. The molecule has 1 atom stereocenters. The molecule has 0 aromatic rings. The van der Waals surface area contributed by atoms with Crippen LogP contribution in [0.3, 0.4) is 0 Å². The van der Waals surface area contributed by atoms with Gasteiger partial charge in [0.25, 0.3) is 0 Å².